The zero-order chi connectivity index (χ0) is 27.8. The van der Waals surface area contributed by atoms with Gasteiger partial charge in [0.2, 0.25) is 12.6 Å². The zero-order valence-electron chi connectivity index (χ0n) is 22.2. The van der Waals surface area contributed by atoms with E-state index >= 15 is 0 Å². The number of methoxy groups -OCH3 is 1. The number of rotatable bonds is 9. The van der Waals surface area contributed by atoms with Crippen LogP contribution in [0.25, 0.3) is 11.0 Å². The monoisotopic (exact) mass is 605 g/mol. The predicted octanol–water partition coefficient (Wildman–Crippen LogP) is 6.61. The first-order valence-corrected chi connectivity index (χ1v) is 14.0. The van der Waals surface area contributed by atoms with E-state index in [-0.39, 0.29) is 30.4 Å². The number of hydrogen-bond donors (Lipinski definition) is 0. The molecule has 0 saturated heterocycles. The number of fused-ring (bicyclic) bond motifs is 3. The number of unbranched alkanes of at least 4 members (excludes halogenated alkanes) is 2. The number of ether oxygens (including phenoxy) is 4. The van der Waals surface area contributed by atoms with Crippen LogP contribution in [0.15, 0.2) is 68.3 Å². The van der Waals surface area contributed by atoms with E-state index < -0.39 is 6.04 Å². The molecule has 1 aromatic heterocycles. The third-order valence-corrected chi connectivity index (χ3v) is 7.72. The van der Waals surface area contributed by atoms with E-state index in [1.165, 1.54) is 0 Å². The Morgan fingerprint density at radius 1 is 0.975 bits per heavy atom. The standard InChI is InChI=1S/C31H28BrNO7/c1-3-4-5-12-37-23-10-7-19(14-25(23)36-2)28-27-29(34)21-15-20(32)8-11-22(21)40-30(27)31(35)33(28)16-18-6-9-24-26(13-18)39-17-38-24/h6-11,13-15,28H,3-5,12,16-17H2,1-2H3. The molecule has 0 bridgehead atoms. The molecule has 2 aliphatic heterocycles. The van der Waals surface area contributed by atoms with Crippen LogP contribution in [-0.4, -0.2) is 31.3 Å². The van der Waals surface area contributed by atoms with Gasteiger partial charge in [0.05, 0.1) is 30.7 Å². The van der Waals surface area contributed by atoms with Gasteiger partial charge in [-0.05, 0) is 60.0 Å². The number of nitrogens with zero attached hydrogens (tertiary/aromatic N) is 1. The normalized spacial score (nSPS) is 15.5. The molecule has 6 rings (SSSR count). The summed E-state index contributed by atoms with van der Waals surface area (Å²) >= 11 is 3.45. The first kappa shape index (κ1) is 26.3. The minimum absolute atomic E-state index is 0.0458. The number of amides is 1. The van der Waals surface area contributed by atoms with Gasteiger partial charge in [0.15, 0.2) is 28.4 Å². The molecule has 0 fully saturated rings. The van der Waals surface area contributed by atoms with Crippen LogP contribution in [0.4, 0.5) is 0 Å². The highest BCUT2D eigenvalue weighted by Gasteiger charge is 2.43. The van der Waals surface area contributed by atoms with Gasteiger partial charge in [-0.15, -0.1) is 0 Å². The summed E-state index contributed by atoms with van der Waals surface area (Å²) < 4.78 is 29.5. The van der Waals surface area contributed by atoms with Crippen LogP contribution in [0.3, 0.4) is 0 Å². The van der Waals surface area contributed by atoms with Crippen LogP contribution in [0, 0.1) is 0 Å². The largest absolute Gasteiger partial charge is 0.493 e. The average Bonchev–Trinajstić information content (AvgIpc) is 3.54. The van der Waals surface area contributed by atoms with Crippen LogP contribution in [-0.2, 0) is 6.54 Å². The van der Waals surface area contributed by atoms with Crippen molar-refractivity contribution >= 4 is 32.8 Å². The van der Waals surface area contributed by atoms with Gasteiger partial charge in [0.25, 0.3) is 5.91 Å². The summed E-state index contributed by atoms with van der Waals surface area (Å²) in [7, 11) is 1.58. The van der Waals surface area contributed by atoms with E-state index in [2.05, 4.69) is 22.9 Å². The molecule has 40 heavy (non-hydrogen) atoms. The summed E-state index contributed by atoms with van der Waals surface area (Å²) in [6.07, 6.45) is 3.12. The van der Waals surface area contributed by atoms with Crippen LogP contribution < -0.4 is 24.4 Å². The second-order valence-corrected chi connectivity index (χ2v) is 10.7. The Kier molecular flexibility index (Phi) is 7.14. The number of halogens is 1. The van der Waals surface area contributed by atoms with Crippen LogP contribution in [0.5, 0.6) is 23.0 Å². The lowest BCUT2D eigenvalue weighted by Crippen LogP contribution is -2.29. The highest BCUT2D eigenvalue weighted by atomic mass is 79.9. The van der Waals surface area contributed by atoms with Crippen LogP contribution in [0.2, 0.25) is 0 Å². The van der Waals surface area contributed by atoms with Crippen molar-refractivity contribution in [2.24, 2.45) is 0 Å². The molecular weight excluding hydrogens is 578 g/mol. The van der Waals surface area contributed by atoms with Crippen molar-refractivity contribution in [3.05, 3.63) is 91.7 Å². The fourth-order valence-corrected chi connectivity index (χ4v) is 5.61. The van der Waals surface area contributed by atoms with Crippen molar-refractivity contribution in [3.8, 4) is 23.0 Å². The second kappa shape index (κ2) is 10.9. The SMILES string of the molecule is CCCCCOc1ccc(C2c3c(oc4ccc(Br)cc4c3=O)C(=O)N2Cc2ccc3c(c2)OCO3)cc1OC. The van der Waals surface area contributed by atoms with Gasteiger partial charge in [-0.25, -0.2) is 0 Å². The van der Waals surface area contributed by atoms with E-state index in [1.54, 1.807) is 30.2 Å². The minimum atomic E-state index is -0.699. The van der Waals surface area contributed by atoms with Crippen molar-refractivity contribution in [1.82, 2.24) is 4.90 Å². The molecule has 3 heterocycles. The smallest absolute Gasteiger partial charge is 0.291 e. The molecule has 1 atom stereocenters. The van der Waals surface area contributed by atoms with E-state index in [0.717, 1.165) is 29.3 Å². The van der Waals surface area contributed by atoms with Crippen molar-refractivity contribution in [1.29, 1.82) is 0 Å². The van der Waals surface area contributed by atoms with Gasteiger partial charge >= 0.3 is 0 Å². The number of carbonyl (C=O) groups is 1. The molecule has 8 nitrogen and oxygen atoms in total. The van der Waals surface area contributed by atoms with E-state index in [4.69, 9.17) is 23.4 Å². The Morgan fingerprint density at radius 2 is 1.82 bits per heavy atom. The molecule has 0 saturated carbocycles. The fourth-order valence-electron chi connectivity index (χ4n) is 5.25. The Balaban J connectivity index is 1.45. The van der Waals surface area contributed by atoms with Crippen LogP contribution >= 0.6 is 15.9 Å². The molecule has 206 valence electrons. The summed E-state index contributed by atoms with van der Waals surface area (Å²) in [5, 5.41) is 0.402. The highest BCUT2D eigenvalue weighted by molar-refractivity contribution is 9.10. The third-order valence-electron chi connectivity index (χ3n) is 7.23. The fraction of sp³-hybridized carbons (Fsp3) is 0.290. The predicted molar refractivity (Wildman–Crippen MR) is 152 cm³/mol. The lowest BCUT2D eigenvalue weighted by molar-refractivity contribution is 0.0714. The maximum Gasteiger partial charge on any atom is 0.291 e. The first-order valence-electron chi connectivity index (χ1n) is 13.2. The van der Waals surface area contributed by atoms with Gasteiger partial charge < -0.3 is 28.3 Å². The van der Waals surface area contributed by atoms with Crippen molar-refractivity contribution in [3.63, 3.8) is 0 Å². The van der Waals surface area contributed by atoms with Gasteiger partial charge in [-0.3, -0.25) is 9.59 Å². The summed E-state index contributed by atoms with van der Waals surface area (Å²) in [6, 6.07) is 15.6. The third kappa shape index (κ3) is 4.68. The topological polar surface area (TPSA) is 87.4 Å². The van der Waals surface area contributed by atoms with Crippen molar-refractivity contribution in [2.75, 3.05) is 20.5 Å². The molecule has 0 radical (unpaired) electrons. The molecule has 0 N–H and O–H groups in total. The first-order chi connectivity index (χ1) is 19.5. The lowest BCUT2D eigenvalue weighted by Gasteiger charge is -2.26. The lowest BCUT2D eigenvalue weighted by atomic mass is 9.97. The van der Waals surface area contributed by atoms with Gasteiger partial charge in [0, 0.05) is 11.0 Å². The molecule has 2 aliphatic rings. The molecule has 4 aromatic rings. The van der Waals surface area contributed by atoms with Gasteiger partial charge in [0.1, 0.15) is 5.58 Å². The zero-order valence-corrected chi connectivity index (χ0v) is 23.8. The van der Waals surface area contributed by atoms with Gasteiger partial charge in [-0.2, -0.15) is 0 Å². The Labute approximate surface area is 239 Å². The van der Waals surface area contributed by atoms with Crippen LogP contribution in [0.1, 0.15) is 59.5 Å². The molecular formula is C31H28BrNO7. The molecule has 9 heteroatoms. The summed E-state index contributed by atoms with van der Waals surface area (Å²) in [4.78, 5) is 29.5. The van der Waals surface area contributed by atoms with Crippen molar-refractivity contribution < 1.29 is 28.2 Å². The number of carbonyl (C=O) groups excluding carboxylic acids is 1. The number of benzene rings is 3. The van der Waals surface area contributed by atoms with Crippen molar-refractivity contribution in [2.45, 2.75) is 38.8 Å². The summed E-state index contributed by atoms with van der Waals surface area (Å²) in [5.74, 6) is 2.11. The minimum Gasteiger partial charge on any atom is -0.493 e. The van der Waals surface area contributed by atoms with Gasteiger partial charge in [-0.1, -0.05) is 47.8 Å². The number of hydrogen-bond acceptors (Lipinski definition) is 7. The molecule has 1 unspecified atom stereocenters. The Bertz CT molecular complexity index is 1660. The second-order valence-electron chi connectivity index (χ2n) is 9.80. The van der Waals surface area contributed by atoms with E-state index in [9.17, 15) is 9.59 Å². The highest BCUT2D eigenvalue weighted by Crippen LogP contribution is 2.42. The summed E-state index contributed by atoms with van der Waals surface area (Å²) in [5.41, 5.74) is 1.96. The Morgan fingerprint density at radius 3 is 2.65 bits per heavy atom. The van der Waals surface area contributed by atoms with E-state index in [0.29, 0.717) is 51.7 Å². The molecule has 0 aliphatic carbocycles. The molecule has 0 spiro atoms. The maximum atomic E-state index is 13.9. The molecule has 3 aromatic carbocycles. The van der Waals surface area contributed by atoms with E-state index in [1.807, 2.05) is 36.4 Å². The Hall–Kier alpha value is -3.98. The molecule has 1 amide bonds. The average molecular weight is 606 g/mol. The maximum absolute atomic E-state index is 13.9. The summed E-state index contributed by atoms with van der Waals surface area (Å²) in [6.45, 7) is 3.10. The quantitative estimate of drug-likeness (QED) is 0.198.